The fraction of sp³-hybridized carbons (Fsp3) is 0.443. The number of nitrogens with two attached hydrogens (primary N) is 2. The molecule has 9 rings (SSSR count). The Bertz CT molecular complexity index is 5080. The number of thioether (sulfide) groups is 1. The van der Waals surface area contributed by atoms with Crippen molar-refractivity contribution in [3.8, 4) is 0 Å². The lowest BCUT2D eigenvalue weighted by atomic mass is 9.99. The molecular formula is C97H126N18O19S. The van der Waals surface area contributed by atoms with Gasteiger partial charge in [-0.25, -0.2) is 19.2 Å². The predicted molar refractivity (Wildman–Crippen MR) is 505 cm³/mol. The Morgan fingerprint density at radius 1 is 0.422 bits per heavy atom. The summed E-state index contributed by atoms with van der Waals surface area (Å²) in [6.07, 6.45) is 1.48. The zero-order valence-corrected chi connectivity index (χ0v) is 77.4. The van der Waals surface area contributed by atoms with Crippen LogP contribution in [0.25, 0.3) is 10.9 Å². The number of methoxy groups -OCH3 is 1. The van der Waals surface area contributed by atoms with E-state index in [4.69, 9.17) is 35.8 Å². The molecule has 11 atom stereocenters. The summed E-state index contributed by atoms with van der Waals surface area (Å²) in [5.41, 5.74) is 16.0. The quantitative estimate of drug-likeness (QED) is 0.00719. The largest absolute Gasteiger partial charge is 0.467 e. The van der Waals surface area contributed by atoms with Gasteiger partial charge in [0.1, 0.15) is 86.3 Å². The van der Waals surface area contributed by atoms with Gasteiger partial charge in [0, 0.05) is 69.1 Å². The number of unbranched alkanes of at least 4 members (excludes halogenated alkanes) is 2. The summed E-state index contributed by atoms with van der Waals surface area (Å²) in [6, 6.07) is 35.9. The standard InChI is InChI=1S/C97H126N18O19S/c1-62(2)53-75(84(118)107-74(46-52-135-4)93(127)131-3)108-87(121)78(56-68-58-104-70-40-21-20-39-69(68)70)111-86(120)77(55-64-31-12-6-13-32-64)110-85(119)76(54-63-29-10-5-11-30-63)109-83(117)71(41-22-24-47-102-95(128)132-59-65-33-14-7-15-34-65)105-88(122)79(57-82(98)116)112-90(124)81-45-28-50-114(81)91(125)72(42-23-25-48-103-96(129)133-60-66-35-16-8-17-36-66)106-89(123)80-44-27-51-115(80)92(126)73(43-26-49-101-94(99)100)113-97(130)134-61-67-37-18-9-19-38-67/h5-21,29-40,58,62,71-81,104H,22-28,41-57,59-61H2,1-4H3,(H2,98,116)(H,102,128)(H,103,129)(H,105,122)(H,106,123)(H,107,118)(H,108,121)(H,109,117)(H,110,119)(H,111,120)(H,112,124)(H,113,130)(H4,99,100,101)/t71-,72-,73-,74-,75-,76+,77-,78+,79-,80-,81-/m0/s1. The first-order valence-electron chi connectivity index (χ1n) is 45.6. The highest BCUT2D eigenvalue weighted by molar-refractivity contribution is 7.98. The highest BCUT2D eigenvalue weighted by Gasteiger charge is 2.44. The summed E-state index contributed by atoms with van der Waals surface area (Å²) >= 11 is 1.46. The van der Waals surface area contributed by atoms with E-state index < -0.39 is 162 Å². The second-order valence-electron chi connectivity index (χ2n) is 33.6. The number of likely N-dealkylation sites (tertiary alicyclic amines) is 2. The number of fused-ring (bicyclic) bond motifs is 1. The summed E-state index contributed by atoms with van der Waals surface area (Å²) in [5, 5.41) is 41.4. The van der Waals surface area contributed by atoms with E-state index in [0.717, 1.165) is 22.0 Å². The molecule has 2 saturated heterocycles. The minimum atomic E-state index is -1.85. The number of nitrogens with zero attached hydrogens (tertiary/aromatic N) is 2. The van der Waals surface area contributed by atoms with E-state index in [-0.39, 0.29) is 167 Å². The first-order chi connectivity index (χ1) is 65.1. The molecule has 3 heterocycles. The number of hydrogen-bond donors (Lipinski definition) is 16. The molecule has 0 unspecified atom stereocenters. The molecule has 38 heteroatoms. The highest BCUT2D eigenvalue weighted by atomic mass is 32.2. The minimum absolute atomic E-state index is 0.00460. The Kier molecular flexibility index (Phi) is 43.0. The molecule has 6 aromatic carbocycles. The molecule has 7 aromatic rings. The molecule has 2 fully saturated rings. The van der Waals surface area contributed by atoms with Gasteiger partial charge in [0.05, 0.1) is 13.5 Å². The molecule has 14 amide bonds. The van der Waals surface area contributed by atoms with Gasteiger partial charge in [0.25, 0.3) is 0 Å². The van der Waals surface area contributed by atoms with Crippen molar-refractivity contribution in [3.05, 3.63) is 216 Å². The van der Waals surface area contributed by atoms with Crippen LogP contribution in [0.3, 0.4) is 0 Å². The molecule has 0 spiro atoms. The van der Waals surface area contributed by atoms with Gasteiger partial charge < -0.3 is 109 Å². The monoisotopic (exact) mass is 1880 g/mol. The molecule has 0 saturated carbocycles. The summed E-state index contributed by atoms with van der Waals surface area (Å²) in [5.74, 6) is -10.1. The molecule has 18 N–H and O–H groups in total. The number of nitrogens with one attached hydrogen (secondary N) is 14. The lowest BCUT2D eigenvalue weighted by Gasteiger charge is -2.32. The number of aromatic nitrogens is 1. The van der Waals surface area contributed by atoms with Crippen LogP contribution >= 0.6 is 11.8 Å². The van der Waals surface area contributed by atoms with Crippen LogP contribution in [0, 0.1) is 11.3 Å². The third-order valence-electron chi connectivity index (χ3n) is 22.9. The van der Waals surface area contributed by atoms with Crippen LogP contribution in [0.2, 0.25) is 0 Å². The predicted octanol–water partition coefficient (Wildman–Crippen LogP) is 5.66. The summed E-state index contributed by atoms with van der Waals surface area (Å²) in [7, 11) is 1.20. The van der Waals surface area contributed by atoms with Crippen LogP contribution < -0.4 is 75.3 Å². The number of H-pyrrole nitrogens is 1. The number of benzene rings is 6. The molecule has 2 aliphatic heterocycles. The maximum Gasteiger partial charge on any atom is 0.408 e. The van der Waals surface area contributed by atoms with Crippen molar-refractivity contribution in [1.82, 2.24) is 78.6 Å². The molecule has 37 nitrogen and oxygen atoms in total. The maximum absolute atomic E-state index is 15.6. The molecule has 0 bridgehead atoms. The Morgan fingerprint density at radius 3 is 1.27 bits per heavy atom. The Labute approximate surface area is 789 Å². The van der Waals surface area contributed by atoms with Crippen molar-refractivity contribution in [1.29, 1.82) is 5.41 Å². The van der Waals surface area contributed by atoms with E-state index in [0.29, 0.717) is 34.4 Å². The van der Waals surface area contributed by atoms with Crippen LogP contribution in [0.5, 0.6) is 0 Å². The number of aromatic amines is 1. The van der Waals surface area contributed by atoms with Crippen molar-refractivity contribution in [3.63, 3.8) is 0 Å². The fourth-order valence-corrected chi connectivity index (χ4v) is 16.3. The number of primary amides is 1. The van der Waals surface area contributed by atoms with Gasteiger partial charge in [0.2, 0.25) is 65.0 Å². The zero-order chi connectivity index (χ0) is 97.0. The van der Waals surface area contributed by atoms with Crippen molar-refractivity contribution < 1.29 is 90.9 Å². The lowest BCUT2D eigenvalue weighted by molar-refractivity contribution is -0.145. The number of amides is 14. The number of esters is 1. The van der Waals surface area contributed by atoms with Gasteiger partial charge in [0.15, 0.2) is 5.96 Å². The van der Waals surface area contributed by atoms with E-state index in [9.17, 15) is 38.4 Å². The number of rotatable bonds is 53. The van der Waals surface area contributed by atoms with Crippen molar-refractivity contribution in [2.75, 3.05) is 51.8 Å². The average Bonchev–Trinajstić information content (AvgIpc) is 1.70. The second kappa shape index (κ2) is 55.4. The van der Waals surface area contributed by atoms with Gasteiger partial charge >= 0.3 is 24.2 Å². The number of carbonyl (C=O) groups is 15. The van der Waals surface area contributed by atoms with E-state index in [1.807, 2.05) is 56.5 Å². The molecule has 135 heavy (non-hydrogen) atoms. The first-order valence-corrected chi connectivity index (χ1v) is 47.0. The fourth-order valence-electron chi connectivity index (χ4n) is 15.9. The first kappa shape index (κ1) is 105. The average molecular weight is 1880 g/mol. The maximum atomic E-state index is 15.6. The molecule has 2 aliphatic rings. The van der Waals surface area contributed by atoms with E-state index in [2.05, 4.69) is 68.8 Å². The van der Waals surface area contributed by atoms with Crippen LogP contribution in [0.1, 0.15) is 144 Å². The third-order valence-corrected chi connectivity index (χ3v) is 23.5. The summed E-state index contributed by atoms with van der Waals surface area (Å²) in [4.78, 5) is 222. The topological polar surface area (TPSA) is 535 Å². The number of alkyl carbamates (subject to hydrolysis) is 3. The Balaban J connectivity index is 0.966. The number of ether oxygens (including phenoxy) is 4. The second-order valence-corrected chi connectivity index (χ2v) is 34.6. The van der Waals surface area contributed by atoms with Crippen molar-refractivity contribution >= 4 is 118 Å². The number of guanidine groups is 1. The number of para-hydroxylation sites is 1. The normalized spacial score (nSPS) is 15.3. The van der Waals surface area contributed by atoms with E-state index in [1.165, 1.54) is 28.7 Å². The minimum Gasteiger partial charge on any atom is -0.467 e. The SMILES string of the molecule is COC(=O)[C@H](CCSC)NC(=O)[C@H](CC(C)C)NC(=O)[C@@H](Cc1c[nH]c2ccccc12)NC(=O)[C@H](Cc1ccccc1)NC(=O)[C@@H](Cc1ccccc1)NC(=O)[C@H](CCCCNC(=O)OCc1ccccc1)NC(=O)[C@H](CC(N)=O)NC(=O)[C@@H]1CCCN1C(=O)[C@H](CCCCNC(=O)OCc1ccccc1)NC(=O)[C@@H]1CCCN1C(=O)[C@H](CCCNC(=N)N)NC(=O)OCc1ccccc1. The number of carbonyl (C=O) groups excluding carboxylic acids is 15. The molecule has 0 radical (unpaired) electrons. The van der Waals surface area contributed by atoms with Crippen LogP contribution in [-0.4, -0.2) is 228 Å². The smallest absolute Gasteiger partial charge is 0.408 e. The highest BCUT2D eigenvalue weighted by Crippen LogP contribution is 2.26. The van der Waals surface area contributed by atoms with Crippen molar-refractivity contribution in [2.45, 2.75) is 216 Å². The van der Waals surface area contributed by atoms with Crippen LogP contribution in [0.4, 0.5) is 14.4 Å². The lowest BCUT2D eigenvalue weighted by Crippen LogP contribution is -2.61. The number of hydrogen-bond acceptors (Lipinski definition) is 21. The summed E-state index contributed by atoms with van der Waals surface area (Å²) < 4.78 is 21.3. The summed E-state index contributed by atoms with van der Waals surface area (Å²) in [6.45, 7) is 3.81. The van der Waals surface area contributed by atoms with Crippen LogP contribution in [-0.2, 0) is 116 Å². The Hall–Kier alpha value is -14.1. The van der Waals surface area contributed by atoms with Crippen LogP contribution in [0.15, 0.2) is 182 Å². The molecular weight excluding hydrogens is 1750 g/mol. The van der Waals surface area contributed by atoms with Crippen molar-refractivity contribution in [2.24, 2.45) is 17.4 Å². The van der Waals surface area contributed by atoms with Gasteiger partial charge in [-0.05, 0) is 147 Å². The van der Waals surface area contributed by atoms with Gasteiger partial charge in [-0.1, -0.05) is 184 Å². The van der Waals surface area contributed by atoms with Gasteiger partial charge in [-0.3, -0.25) is 58.1 Å². The molecule has 724 valence electrons. The zero-order valence-electron chi connectivity index (χ0n) is 76.6. The molecule has 1 aromatic heterocycles. The van der Waals surface area contributed by atoms with E-state index >= 15 is 33.6 Å². The van der Waals surface area contributed by atoms with Gasteiger partial charge in [-0.2, -0.15) is 11.8 Å². The molecule has 0 aliphatic carbocycles. The van der Waals surface area contributed by atoms with Gasteiger partial charge in [-0.15, -0.1) is 0 Å². The van der Waals surface area contributed by atoms with E-state index in [1.54, 1.807) is 146 Å². The Morgan fingerprint density at radius 2 is 0.807 bits per heavy atom. The third kappa shape index (κ3) is 35.1.